The van der Waals surface area contributed by atoms with Crippen LogP contribution in [-0.2, 0) is 0 Å². The Kier molecular flexibility index (Phi) is 3.96. The quantitative estimate of drug-likeness (QED) is 0.263. The fourth-order valence-corrected chi connectivity index (χ4v) is 6.17. The van der Waals surface area contributed by atoms with Gasteiger partial charge in [-0.1, -0.05) is 54.6 Å². The van der Waals surface area contributed by atoms with E-state index in [0.29, 0.717) is 0 Å². The van der Waals surface area contributed by atoms with E-state index < -0.39 is 0 Å². The molecule has 0 aliphatic heterocycles. The van der Waals surface area contributed by atoms with Gasteiger partial charge in [0.1, 0.15) is 0 Å². The molecule has 4 aromatic carbocycles. The molecule has 0 N–H and O–H groups in total. The van der Waals surface area contributed by atoms with Gasteiger partial charge in [0, 0.05) is 48.4 Å². The van der Waals surface area contributed by atoms with Crippen LogP contribution in [0.5, 0.6) is 0 Å². The second-order valence-electron chi connectivity index (χ2n) is 8.54. The lowest BCUT2D eigenvalue weighted by Gasteiger charge is -2.11. The van der Waals surface area contributed by atoms with Crippen molar-refractivity contribution in [2.75, 3.05) is 0 Å². The minimum absolute atomic E-state index is 1.03. The monoisotopic (exact) mass is 440 g/mol. The van der Waals surface area contributed by atoms with Crippen LogP contribution in [0.3, 0.4) is 0 Å². The van der Waals surface area contributed by atoms with Gasteiger partial charge >= 0.3 is 0 Å². The first kappa shape index (κ1) is 18.6. The SMILES string of the molecule is Cc1cccnc1-c1cccc(-n2c3ccccc3c3cc4c(cc32)sc2ccccc24)c1. The number of fused-ring (bicyclic) bond motifs is 6. The molecule has 0 radical (unpaired) electrons. The predicted molar refractivity (Wildman–Crippen MR) is 142 cm³/mol. The number of hydrogen-bond acceptors (Lipinski definition) is 2. The Balaban J connectivity index is 1.57. The summed E-state index contributed by atoms with van der Waals surface area (Å²) in [6.07, 6.45) is 1.87. The topological polar surface area (TPSA) is 17.8 Å². The molecule has 0 aliphatic rings. The summed E-state index contributed by atoms with van der Waals surface area (Å²) in [4.78, 5) is 4.65. The maximum Gasteiger partial charge on any atom is 0.0731 e. The van der Waals surface area contributed by atoms with Gasteiger partial charge in [-0.05, 0) is 55.0 Å². The second kappa shape index (κ2) is 7.03. The molecule has 0 atom stereocenters. The van der Waals surface area contributed by atoms with Crippen LogP contribution in [0.1, 0.15) is 5.56 Å². The van der Waals surface area contributed by atoms with Crippen molar-refractivity contribution in [3.05, 3.63) is 109 Å². The van der Waals surface area contributed by atoms with Crippen molar-refractivity contribution >= 4 is 53.3 Å². The number of pyridine rings is 1. The number of hydrogen-bond donors (Lipinski definition) is 0. The van der Waals surface area contributed by atoms with Crippen molar-refractivity contribution in [2.45, 2.75) is 6.92 Å². The zero-order valence-electron chi connectivity index (χ0n) is 18.1. The summed E-state index contributed by atoms with van der Waals surface area (Å²) in [5, 5.41) is 5.25. The van der Waals surface area contributed by atoms with E-state index >= 15 is 0 Å². The molecule has 0 amide bonds. The molecule has 0 unspecified atom stereocenters. The third-order valence-corrected chi connectivity index (χ3v) is 7.69. The lowest BCUT2D eigenvalue weighted by atomic mass is 10.1. The average Bonchev–Trinajstić information content (AvgIpc) is 3.38. The standard InChI is InChI=1S/C30H20N2S/c1-19-8-7-15-31-30(19)20-9-6-10-21(16-20)32-26-13-4-2-11-22(26)24-17-25-23-12-3-5-14-28(23)33-29(25)18-27(24)32/h2-18H,1H3. The minimum Gasteiger partial charge on any atom is -0.309 e. The normalized spacial score (nSPS) is 11.8. The Morgan fingerprint density at radius 2 is 1.48 bits per heavy atom. The minimum atomic E-state index is 1.03. The van der Waals surface area contributed by atoms with Gasteiger partial charge in [-0.15, -0.1) is 11.3 Å². The molecule has 7 aromatic rings. The Morgan fingerprint density at radius 1 is 0.636 bits per heavy atom. The van der Waals surface area contributed by atoms with Crippen LogP contribution in [0.15, 0.2) is 103 Å². The molecular formula is C30H20N2S. The molecule has 156 valence electrons. The van der Waals surface area contributed by atoms with Crippen molar-refractivity contribution in [3.63, 3.8) is 0 Å². The van der Waals surface area contributed by atoms with E-state index in [2.05, 4.69) is 107 Å². The molecule has 0 saturated heterocycles. The Labute approximate surface area is 195 Å². The van der Waals surface area contributed by atoms with E-state index in [1.54, 1.807) is 0 Å². The zero-order valence-corrected chi connectivity index (χ0v) is 18.9. The third kappa shape index (κ3) is 2.76. The smallest absolute Gasteiger partial charge is 0.0731 e. The molecule has 3 heteroatoms. The number of nitrogens with zero attached hydrogens (tertiary/aromatic N) is 2. The van der Waals surface area contributed by atoms with Crippen LogP contribution in [-0.4, -0.2) is 9.55 Å². The maximum atomic E-state index is 4.65. The first-order valence-electron chi connectivity index (χ1n) is 11.1. The van der Waals surface area contributed by atoms with Crippen molar-refractivity contribution in [1.29, 1.82) is 0 Å². The van der Waals surface area contributed by atoms with Crippen LogP contribution in [0.25, 0.3) is 58.9 Å². The van der Waals surface area contributed by atoms with Gasteiger partial charge in [0.05, 0.1) is 16.7 Å². The van der Waals surface area contributed by atoms with Gasteiger partial charge < -0.3 is 4.57 Å². The highest BCUT2D eigenvalue weighted by Gasteiger charge is 2.16. The van der Waals surface area contributed by atoms with Gasteiger partial charge in [0.15, 0.2) is 0 Å². The third-order valence-electron chi connectivity index (χ3n) is 6.56. The van der Waals surface area contributed by atoms with Crippen molar-refractivity contribution in [2.24, 2.45) is 0 Å². The predicted octanol–water partition coefficient (Wildman–Crippen LogP) is 8.52. The van der Waals surface area contributed by atoms with Gasteiger partial charge in [0.2, 0.25) is 0 Å². The highest BCUT2D eigenvalue weighted by molar-refractivity contribution is 7.25. The molecule has 0 spiro atoms. The number of benzene rings is 4. The van der Waals surface area contributed by atoms with E-state index in [4.69, 9.17) is 0 Å². The van der Waals surface area contributed by atoms with E-state index in [1.165, 1.54) is 47.5 Å². The largest absolute Gasteiger partial charge is 0.309 e. The number of aromatic nitrogens is 2. The first-order chi connectivity index (χ1) is 16.3. The molecular weight excluding hydrogens is 420 g/mol. The van der Waals surface area contributed by atoms with Crippen LogP contribution >= 0.6 is 11.3 Å². The molecule has 7 rings (SSSR count). The van der Waals surface area contributed by atoms with Gasteiger partial charge in [-0.3, -0.25) is 4.98 Å². The molecule has 2 nitrogen and oxygen atoms in total. The number of para-hydroxylation sites is 1. The molecule has 0 bridgehead atoms. The van der Waals surface area contributed by atoms with Gasteiger partial charge in [-0.25, -0.2) is 0 Å². The average molecular weight is 441 g/mol. The lowest BCUT2D eigenvalue weighted by molar-refractivity contribution is 1.18. The summed E-state index contributed by atoms with van der Waals surface area (Å²) in [6, 6.07) is 35.0. The first-order valence-corrected chi connectivity index (χ1v) is 12.0. The van der Waals surface area contributed by atoms with Gasteiger partial charge in [-0.2, -0.15) is 0 Å². The Morgan fingerprint density at radius 3 is 2.39 bits per heavy atom. The summed E-state index contributed by atoms with van der Waals surface area (Å²) >= 11 is 1.87. The van der Waals surface area contributed by atoms with Crippen LogP contribution < -0.4 is 0 Å². The van der Waals surface area contributed by atoms with Crippen molar-refractivity contribution in [3.8, 4) is 16.9 Å². The van der Waals surface area contributed by atoms with Gasteiger partial charge in [0.25, 0.3) is 0 Å². The van der Waals surface area contributed by atoms with E-state index in [9.17, 15) is 0 Å². The maximum absolute atomic E-state index is 4.65. The van der Waals surface area contributed by atoms with Crippen molar-refractivity contribution < 1.29 is 0 Å². The molecule has 0 fully saturated rings. The molecule has 0 saturated carbocycles. The zero-order chi connectivity index (χ0) is 21.9. The highest BCUT2D eigenvalue weighted by atomic mass is 32.1. The number of thiophene rings is 1. The van der Waals surface area contributed by atoms with Crippen LogP contribution in [0.2, 0.25) is 0 Å². The Bertz CT molecular complexity index is 1840. The summed E-state index contributed by atoms with van der Waals surface area (Å²) in [7, 11) is 0. The lowest BCUT2D eigenvalue weighted by Crippen LogP contribution is -1.95. The molecule has 0 aliphatic carbocycles. The van der Waals surface area contributed by atoms with Crippen molar-refractivity contribution in [1.82, 2.24) is 9.55 Å². The highest BCUT2D eigenvalue weighted by Crippen LogP contribution is 2.40. The summed E-state index contributed by atoms with van der Waals surface area (Å²) in [5.41, 5.74) is 6.98. The van der Waals surface area contributed by atoms with Crippen LogP contribution in [0.4, 0.5) is 0 Å². The molecule has 33 heavy (non-hydrogen) atoms. The van der Waals surface area contributed by atoms with E-state index in [0.717, 1.165) is 16.9 Å². The number of rotatable bonds is 2. The fraction of sp³-hybridized carbons (Fsp3) is 0.0333. The summed E-state index contributed by atoms with van der Waals surface area (Å²) in [5.74, 6) is 0. The van der Waals surface area contributed by atoms with E-state index in [-0.39, 0.29) is 0 Å². The Hall–Kier alpha value is -3.95. The summed E-state index contributed by atoms with van der Waals surface area (Å²) in [6.45, 7) is 2.12. The van der Waals surface area contributed by atoms with E-state index in [1.807, 2.05) is 23.6 Å². The molecule has 3 aromatic heterocycles. The second-order valence-corrected chi connectivity index (χ2v) is 9.62. The summed E-state index contributed by atoms with van der Waals surface area (Å²) < 4.78 is 5.06. The fourth-order valence-electron chi connectivity index (χ4n) is 5.05. The van der Waals surface area contributed by atoms with Crippen LogP contribution in [0, 0.1) is 6.92 Å². The molecule has 3 heterocycles. The number of aryl methyl sites for hydroxylation is 1.